The van der Waals surface area contributed by atoms with E-state index in [0.717, 1.165) is 5.56 Å². The first-order valence-electron chi connectivity index (χ1n) is 8.50. The number of para-hydroxylation sites is 2. The number of ether oxygens (including phenoxy) is 3. The summed E-state index contributed by atoms with van der Waals surface area (Å²) in [5.74, 6) is -0.621. The van der Waals surface area contributed by atoms with Gasteiger partial charge in [-0.15, -0.1) is 0 Å². The fourth-order valence-electron chi connectivity index (χ4n) is 2.37. The van der Waals surface area contributed by atoms with E-state index in [1.165, 1.54) is 7.11 Å². The van der Waals surface area contributed by atoms with Crippen LogP contribution in [-0.2, 0) is 20.9 Å². The summed E-state index contributed by atoms with van der Waals surface area (Å²) in [4.78, 5) is 35.7. The minimum Gasteiger partial charge on any atom is -0.496 e. The first-order valence-corrected chi connectivity index (χ1v) is 8.50. The fourth-order valence-corrected chi connectivity index (χ4v) is 2.37. The van der Waals surface area contributed by atoms with Crippen LogP contribution in [0.5, 0.6) is 11.5 Å². The quantitative estimate of drug-likeness (QED) is 0.630. The van der Waals surface area contributed by atoms with Crippen molar-refractivity contribution in [3.63, 3.8) is 0 Å². The van der Waals surface area contributed by atoms with Crippen molar-refractivity contribution in [3.05, 3.63) is 59.7 Å². The number of benzene rings is 2. The minimum absolute atomic E-state index is 0.241. The van der Waals surface area contributed by atoms with Crippen LogP contribution < -0.4 is 20.1 Å². The Balaban J connectivity index is 1.73. The molecule has 0 aliphatic carbocycles. The van der Waals surface area contributed by atoms with E-state index in [1.54, 1.807) is 37.4 Å². The standard InChI is InChI=1S/C20H22N2O6/c1-26-16-9-5-3-7-14(16)11-21-18(23)13-28-19(24)12-22-20(25)15-8-4-6-10-17(15)27-2/h3-10H,11-13H2,1-2H3,(H,21,23)(H,22,25). The van der Waals surface area contributed by atoms with Gasteiger partial charge in [-0.1, -0.05) is 30.3 Å². The highest BCUT2D eigenvalue weighted by atomic mass is 16.5. The van der Waals surface area contributed by atoms with Gasteiger partial charge in [-0.25, -0.2) is 0 Å². The van der Waals surface area contributed by atoms with Crippen LogP contribution in [0.15, 0.2) is 48.5 Å². The Hall–Kier alpha value is -3.55. The van der Waals surface area contributed by atoms with Crippen LogP contribution in [0.3, 0.4) is 0 Å². The highest BCUT2D eigenvalue weighted by Gasteiger charge is 2.14. The molecule has 0 aromatic heterocycles. The van der Waals surface area contributed by atoms with E-state index in [9.17, 15) is 14.4 Å². The second-order valence-corrected chi connectivity index (χ2v) is 5.63. The average molecular weight is 386 g/mol. The SMILES string of the molecule is COc1ccccc1CNC(=O)COC(=O)CNC(=O)c1ccccc1OC. The van der Waals surface area contributed by atoms with Crippen molar-refractivity contribution in [1.29, 1.82) is 0 Å². The van der Waals surface area contributed by atoms with Crippen LogP contribution in [0, 0.1) is 0 Å². The molecule has 0 radical (unpaired) electrons. The van der Waals surface area contributed by atoms with Crippen LogP contribution in [-0.4, -0.2) is 45.2 Å². The van der Waals surface area contributed by atoms with Gasteiger partial charge < -0.3 is 24.8 Å². The maximum Gasteiger partial charge on any atom is 0.325 e. The number of nitrogens with one attached hydrogen (secondary N) is 2. The summed E-state index contributed by atoms with van der Waals surface area (Å²) >= 11 is 0. The molecular weight excluding hydrogens is 364 g/mol. The maximum absolute atomic E-state index is 12.1. The smallest absolute Gasteiger partial charge is 0.325 e. The molecule has 0 aliphatic heterocycles. The summed E-state index contributed by atoms with van der Waals surface area (Å²) in [6, 6.07) is 13.9. The normalized spacial score (nSPS) is 9.93. The molecule has 0 bridgehead atoms. The number of hydrogen-bond acceptors (Lipinski definition) is 6. The molecule has 2 amide bonds. The second-order valence-electron chi connectivity index (χ2n) is 5.63. The average Bonchev–Trinajstić information content (AvgIpc) is 2.74. The van der Waals surface area contributed by atoms with Crippen LogP contribution in [0.1, 0.15) is 15.9 Å². The van der Waals surface area contributed by atoms with Gasteiger partial charge in [-0.2, -0.15) is 0 Å². The topological polar surface area (TPSA) is 103 Å². The van der Waals surface area contributed by atoms with Gasteiger partial charge in [0.25, 0.3) is 11.8 Å². The first kappa shape index (κ1) is 20.8. The maximum atomic E-state index is 12.1. The highest BCUT2D eigenvalue weighted by Crippen LogP contribution is 2.17. The number of rotatable bonds is 9. The summed E-state index contributed by atoms with van der Waals surface area (Å²) in [5.41, 5.74) is 1.10. The van der Waals surface area contributed by atoms with Gasteiger partial charge in [-0.05, 0) is 18.2 Å². The van der Waals surface area contributed by atoms with E-state index >= 15 is 0 Å². The summed E-state index contributed by atoms with van der Waals surface area (Å²) < 4.78 is 15.2. The Labute approximate surface area is 162 Å². The molecule has 8 nitrogen and oxygen atoms in total. The number of hydrogen-bond donors (Lipinski definition) is 2. The lowest BCUT2D eigenvalue weighted by Gasteiger charge is -2.10. The first-order chi connectivity index (χ1) is 13.5. The lowest BCUT2D eigenvalue weighted by Crippen LogP contribution is -2.34. The fraction of sp³-hybridized carbons (Fsp3) is 0.250. The third kappa shape index (κ3) is 6.01. The molecule has 0 fully saturated rings. The zero-order valence-corrected chi connectivity index (χ0v) is 15.7. The van der Waals surface area contributed by atoms with E-state index < -0.39 is 24.4 Å². The lowest BCUT2D eigenvalue weighted by molar-refractivity contribution is -0.147. The number of amides is 2. The van der Waals surface area contributed by atoms with Gasteiger partial charge in [0.2, 0.25) is 0 Å². The zero-order chi connectivity index (χ0) is 20.4. The Kier molecular flexibility index (Phi) is 7.83. The molecule has 8 heteroatoms. The second kappa shape index (κ2) is 10.6. The summed E-state index contributed by atoms with van der Waals surface area (Å²) in [6.07, 6.45) is 0. The summed E-state index contributed by atoms with van der Waals surface area (Å²) in [5, 5.41) is 5.06. The van der Waals surface area contributed by atoms with Crippen molar-refractivity contribution >= 4 is 17.8 Å². The van der Waals surface area contributed by atoms with Gasteiger partial charge in [0.1, 0.15) is 18.0 Å². The van der Waals surface area contributed by atoms with Crippen LogP contribution >= 0.6 is 0 Å². The Morgan fingerprint density at radius 1 is 0.857 bits per heavy atom. The monoisotopic (exact) mass is 386 g/mol. The molecule has 0 saturated heterocycles. The van der Waals surface area contributed by atoms with Crippen LogP contribution in [0.4, 0.5) is 0 Å². The molecule has 2 aromatic carbocycles. The molecule has 2 aromatic rings. The van der Waals surface area contributed by atoms with Crippen molar-refractivity contribution < 1.29 is 28.6 Å². The van der Waals surface area contributed by atoms with Crippen molar-refractivity contribution in [1.82, 2.24) is 10.6 Å². The molecule has 0 spiro atoms. The van der Waals surface area contributed by atoms with Gasteiger partial charge in [-0.3, -0.25) is 14.4 Å². The number of methoxy groups -OCH3 is 2. The van der Waals surface area contributed by atoms with E-state index in [1.807, 2.05) is 18.2 Å². The van der Waals surface area contributed by atoms with E-state index in [2.05, 4.69) is 10.6 Å². The molecule has 0 atom stereocenters. The van der Waals surface area contributed by atoms with Gasteiger partial charge >= 0.3 is 5.97 Å². The third-order valence-electron chi connectivity index (χ3n) is 3.78. The highest BCUT2D eigenvalue weighted by molar-refractivity contribution is 5.98. The Morgan fingerprint density at radius 3 is 2.21 bits per heavy atom. The lowest BCUT2D eigenvalue weighted by atomic mass is 10.2. The van der Waals surface area contributed by atoms with E-state index in [-0.39, 0.29) is 13.1 Å². The molecule has 0 saturated carbocycles. The summed E-state index contributed by atoms with van der Waals surface area (Å²) in [7, 11) is 2.99. The Bertz CT molecular complexity index is 837. The summed E-state index contributed by atoms with van der Waals surface area (Å²) in [6.45, 7) is -0.569. The number of carbonyl (C=O) groups excluding carboxylic acids is 3. The molecule has 2 rings (SSSR count). The molecular formula is C20H22N2O6. The van der Waals surface area contributed by atoms with Crippen LogP contribution in [0.25, 0.3) is 0 Å². The molecule has 0 unspecified atom stereocenters. The molecule has 148 valence electrons. The van der Waals surface area contributed by atoms with Gasteiger partial charge in [0.05, 0.1) is 19.8 Å². The molecule has 0 heterocycles. The van der Waals surface area contributed by atoms with E-state index in [0.29, 0.717) is 17.1 Å². The van der Waals surface area contributed by atoms with Gasteiger partial charge in [0, 0.05) is 12.1 Å². The van der Waals surface area contributed by atoms with Crippen molar-refractivity contribution in [2.24, 2.45) is 0 Å². The van der Waals surface area contributed by atoms with Crippen molar-refractivity contribution in [2.75, 3.05) is 27.4 Å². The third-order valence-corrected chi connectivity index (χ3v) is 3.78. The zero-order valence-electron chi connectivity index (χ0n) is 15.7. The predicted molar refractivity (Wildman–Crippen MR) is 101 cm³/mol. The predicted octanol–water partition coefficient (Wildman–Crippen LogP) is 1.29. The number of esters is 1. The van der Waals surface area contributed by atoms with Crippen molar-refractivity contribution in [2.45, 2.75) is 6.54 Å². The van der Waals surface area contributed by atoms with E-state index in [4.69, 9.17) is 14.2 Å². The molecule has 0 aliphatic rings. The number of carbonyl (C=O) groups is 3. The largest absolute Gasteiger partial charge is 0.496 e. The van der Waals surface area contributed by atoms with Gasteiger partial charge in [0.15, 0.2) is 6.61 Å². The minimum atomic E-state index is -0.726. The molecule has 28 heavy (non-hydrogen) atoms. The van der Waals surface area contributed by atoms with Crippen LogP contribution in [0.2, 0.25) is 0 Å². The van der Waals surface area contributed by atoms with Crippen molar-refractivity contribution in [3.8, 4) is 11.5 Å². The molecule has 2 N–H and O–H groups in total. The Morgan fingerprint density at radius 2 is 1.50 bits per heavy atom.